The maximum atomic E-state index is 11.9. The minimum Gasteiger partial charge on any atom is -0.352 e. The van der Waals surface area contributed by atoms with Gasteiger partial charge in [-0.3, -0.25) is 9.59 Å². The summed E-state index contributed by atoms with van der Waals surface area (Å²) in [7, 11) is 1.61. The fourth-order valence-electron chi connectivity index (χ4n) is 1.63. The van der Waals surface area contributed by atoms with Gasteiger partial charge in [0.1, 0.15) is 0 Å². The number of hydrogen-bond donors (Lipinski definition) is 1. The van der Waals surface area contributed by atoms with E-state index in [9.17, 15) is 9.59 Å². The molecule has 1 N–H and O–H groups in total. The SMILES string of the molecule is Cc1ccc(/C=C/C(=O)N(C)CC(=O)NC(C)C)cc1. The van der Waals surface area contributed by atoms with Crippen molar-refractivity contribution in [2.75, 3.05) is 13.6 Å². The van der Waals surface area contributed by atoms with E-state index >= 15 is 0 Å². The first-order valence-electron chi connectivity index (χ1n) is 6.67. The molecule has 4 heteroatoms. The topological polar surface area (TPSA) is 49.4 Å². The molecule has 0 fully saturated rings. The monoisotopic (exact) mass is 274 g/mol. The average molecular weight is 274 g/mol. The predicted molar refractivity (Wildman–Crippen MR) is 81.1 cm³/mol. The van der Waals surface area contributed by atoms with E-state index in [1.165, 1.54) is 16.5 Å². The second kappa shape index (κ2) is 7.48. The van der Waals surface area contributed by atoms with Crippen LogP contribution in [0.3, 0.4) is 0 Å². The number of amides is 2. The molecule has 0 aliphatic rings. The van der Waals surface area contributed by atoms with Gasteiger partial charge in [-0.1, -0.05) is 29.8 Å². The predicted octanol–water partition coefficient (Wildman–Crippen LogP) is 1.99. The summed E-state index contributed by atoms with van der Waals surface area (Å²) in [4.78, 5) is 24.8. The van der Waals surface area contributed by atoms with Crippen LogP contribution in [-0.2, 0) is 9.59 Å². The molecule has 1 aromatic rings. The van der Waals surface area contributed by atoms with E-state index < -0.39 is 0 Å². The first kappa shape index (κ1) is 16.0. The summed E-state index contributed by atoms with van der Waals surface area (Å²) in [5.74, 6) is -0.343. The summed E-state index contributed by atoms with van der Waals surface area (Å²) in [6.45, 7) is 5.85. The summed E-state index contributed by atoms with van der Waals surface area (Å²) in [5.41, 5.74) is 2.14. The highest BCUT2D eigenvalue weighted by molar-refractivity contribution is 5.94. The van der Waals surface area contributed by atoms with E-state index in [1.54, 1.807) is 13.1 Å². The number of hydrogen-bond acceptors (Lipinski definition) is 2. The van der Waals surface area contributed by atoms with Gasteiger partial charge < -0.3 is 10.2 Å². The molecule has 20 heavy (non-hydrogen) atoms. The smallest absolute Gasteiger partial charge is 0.246 e. The Morgan fingerprint density at radius 2 is 1.85 bits per heavy atom. The molecule has 1 aromatic carbocycles. The van der Waals surface area contributed by atoms with E-state index in [0.29, 0.717) is 0 Å². The molecular weight excluding hydrogens is 252 g/mol. The van der Waals surface area contributed by atoms with Crippen molar-refractivity contribution in [3.05, 3.63) is 41.5 Å². The molecule has 0 aliphatic carbocycles. The summed E-state index contributed by atoms with van der Waals surface area (Å²) in [5, 5.41) is 2.75. The van der Waals surface area contributed by atoms with Crippen molar-refractivity contribution in [2.24, 2.45) is 0 Å². The summed E-state index contributed by atoms with van der Waals surface area (Å²) in [6, 6.07) is 7.96. The van der Waals surface area contributed by atoms with Crippen LogP contribution in [0.1, 0.15) is 25.0 Å². The van der Waals surface area contributed by atoms with E-state index in [-0.39, 0.29) is 24.4 Å². The van der Waals surface area contributed by atoms with Crippen LogP contribution in [0.2, 0.25) is 0 Å². The van der Waals surface area contributed by atoms with Gasteiger partial charge in [0.15, 0.2) is 0 Å². The molecule has 0 atom stereocenters. The van der Waals surface area contributed by atoms with Crippen molar-refractivity contribution in [3.63, 3.8) is 0 Å². The summed E-state index contributed by atoms with van der Waals surface area (Å²) in [6.07, 6.45) is 3.23. The Hall–Kier alpha value is -2.10. The van der Waals surface area contributed by atoms with Gasteiger partial charge in [0.05, 0.1) is 6.54 Å². The van der Waals surface area contributed by atoms with Crippen molar-refractivity contribution in [2.45, 2.75) is 26.8 Å². The molecule has 0 aliphatic heterocycles. The van der Waals surface area contributed by atoms with Gasteiger partial charge in [0.25, 0.3) is 0 Å². The lowest BCUT2D eigenvalue weighted by molar-refractivity contribution is -0.131. The number of carbonyl (C=O) groups excluding carboxylic acids is 2. The normalized spacial score (nSPS) is 10.8. The molecule has 4 nitrogen and oxygen atoms in total. The van der Waals surface area contributed by atoms with Gasteiger partial charge in [0.2, 0.25) is 11.8 Å². The van der Waals surface area contributed by atoms with Crippen LogP contribution in [0, 0.1) is 6.92 Å². The Morgan fingerprint density at radius 1 is 1.25 bits per heavy atom. The van der Waals surface area contributed by atoms with Gasteiger partial charge in [-0.25, -0.2) is 0 Å². The standard InChI is InChI=1S/C16H22N2O2/c1-12(2)17-15(19)11-18(4)16(20)10-9-14-7-5-13(3)6-8-14/h5-10,12H,11H2,1-4H3,(H,17,19)/b10-9+. The van der Waals surface area contributed by atoms with Gasteiger partial charge >= 0.3 is 0 Å². The van der Waals surface area contributed by atoms with E-state index in [0.717, 1.165) is 5.56 Å². The average Bonchev–Trinajstić information content (AvgIpc) is 2.36. The second-order valence-electron chi connectivity index (χ2n) is 5.16. The maximum Gasteiger partial charge on any atom is 0.246 e. The number of benzene rings is 1. The van der Waals surface area contributed by atoms with E-state index in [2.05, 4.69) is 5.32 Å². The highest BCUT2D eigenvalue weighted by Crippen LogP contribution is 2.05. The lowest BCUT2D eigenvalue weighted by Crippen LogP contribution is -2.40. The molecule has 0 saturated carbocycles. The minimum absolute atomic E-state index is 0.0647. The molecule has 1 rings (SSSR count). The van der Waals surface area contributed by atoms with Crippen molar-refractivity contribution >= 4 is 17.9 Å². The van der Waals surface area contributed by atoms with E-state index in [4.69, 9.17) is 0 Å². The highest BCUT2D eigenvalue weighted by Gasteiger charge is 2.10. The summed E-state index contributed by atoms with van der Waals surface area (Å²) < 4.78 is 0. The third-order valence-electron chi connectivity index (χ3n) is 2.70. The molecule has 0 saturated heterocycles. The number of rotatable bonds is 5. The van der Waals surface area contributed by atoms with Crippen molar-refractivity contribution in [1.29, 1.82) is 0 Å². The Balaban J connectivity index is 2.53. The number of likely N-dealkylation sites (N-methyl/N-ethyl adjacent to an activating group) is 1. The van der Waals surface area contributed by atoms with Crippen LogP contribution in [0.15, 0.2) is 30.3 Å². The van der Waals surface area contributed by atoms with Crippen LogP contribution in [0.5, 0.6) is 0 Å². The number of carbonyl (C=O) groups is 2. The lowest BCUT2D eigenvalue weighted by Gasteiger charge is -2.16. The van der Waals surface area contributed by atoms with Crippen molar-refractivity contribution in [1.82, 2.24) is 10.2 Å². The maximum absolute atomic E-state index is 11.9. The zero-order valence-electron chi connectivity index (χ0n) is 12.5. The number of nitrogens with zero attached hydrogens (tertiary/aromatic N) is 1. The first-order valence-corrected chi connectivity index (χ1v) is 6.67. The molecule has 0 unspecified atom stereocenters. The Morgan fingerprint density at radius 3 is 2.40 bits per heavy atom. The molecule has 0 bridgehead atoms. The van der Waals surface area contributed by atoms with Crippen LogP contribution >= 0.6 is 0 Å². The molecule has 0 aromatic heterocycles. The first-order chi connectivity index (χ1) is 9.38. The minimum atomic E-state index is -0.190. The van der Waals surface area contributed by atoms with Gasteiger partial charge in [-0.15, -0.1) is 0 Å². The Labute approximate surface area is 120 Å². The second-order valence-corrected chi connectivity index (χ2v) is 5.16. The van der Waals surface area contributed by atoms with Crippen LogP contribution in [0.25, 0.3) is 6.08 Å². The fraction of sp³-hybridized carbons (Fsp3) is 0.375. The molecule has 0 spiro atoms. The lowest BCUT2D eigenvalue weighted by atomic mass is 10.1. The third-order valence-corrected chi connectivity index (χ3v) is 2.70. The van der Waals surface area contributed by atoms with E-state index in [1.807, 2.05) is 45.0 Å². The van der Waals surface area contributed by atoms with Crippen LogP contribution < -0.4 is 5.32 Å². The Kier molecular flexibility index (Phi) is 5.97. The molecular formula is C16H22N2O2. The van der Waals surface area contributed by atoms with Gasteiger partial charge in [0, 0.05) is 19.2 Å². The zero-order chi connectivity index (χ0) is 15.1. The van der Waals surface area contributed by atoms with Crippen LogP contribution in [-0.4, -0.2) is 36.3 Å². The highest BCUT2D eigenvalue weighted by atomic mass is 16.2. The quantitative estimate of drug-likeness (QED) is 0.835. The van der Waals surface area contributed by atoms with Crippen LogP contribution in [0.4, 0.5) is 0 Å². The molecule has 2 amide bonds. The molecule has 108 valence electrons. The van der Waals surface area contributed by atoms with Gasteiger partial charge in [-0.05, 0) is 32.4 Å². The third kappa shape index (κ3) is 5.69. The fourth-order valence-corrected chi connectivity index (χ4v) is 1.63. The number of nitrogens with one attached hydrogen (secondary N) is 1. The van der Waals surface area contributed by atoms with Crippen molar-refractivity contribution in [3.8, 4) is 0 Å². The zero-order valence-corrected chi connectivity index (χ0v) is 12.5. The van der Waals surface area contributed by atoms with Crippen molar-refractivity contribution < 1.29 is 9.59 Å². The summed E-state index contributed by atoms with van der Waals surface area (Å²) >= 11 is 0. The Bertz CT molecular complexity index is 490. The molecule has 0 heterocycles. The molecule has 0 radical (unpaired) electrons. The number of aryl methyl sites for hydroxylation is 1. The largest absolute Gasteiger partial charge is 0.352 e. The van der Waals surface area contributed by atoms with Gasteiger partial charge in [-0.2, -0.15) is 0 Å².